The first-order chi connectivity index (χ1) is 12.5. The van der Waals surface area contributed by atoms with Crippen molar-refractivity contribution in [2.75, 3.05) is 20.3 Å². The molecule has 0 saturated heterocycles. The third kappa shape index (κ3) is 3.17. The Labute approximate surface area is 154 Å². The molecule has 3 rings (SSSR count). The van der Waals surface area contributed by atoms with E-state index < -0.39 is 23.5 Å². The summed E-state index contributed by atoms with van der Waals surface area (Å²) in [5.41, 5.74) is 0.621. The van der Waals surface area contributed by atoms with Gasteiger partial charge in [-0.3, -0.25) is 9.59 Å². The highest BCUT2D eigenvalue weighted by Crippen LogP contribution is 2.40. The first-order valence-electron chi connectivity index (χ1n) is 8.20. The van der Waals surface area contributed by atoms with Gasteiger partial charge in [-0.05, 0) is 32.4 Å². The third-order valence-corrected chi connectivity index (χ3v) is 5.29. The summed E-state index contributed by atoms with van der Waals surface area (Å²) in [5.74, 6) is -1.07. The number of nitrogens with zero attached hydrogens (tertiary/aromatic N) is 2. The summed E-state index contributed by atoms with van der Waals surface area (Å²) in [5, 5.41) is 11.2. The summed E-state index contributed by atoms with van der Waals surface area (Å²) in [4.78, 5) is 31.9. The Bertz CT molecular complexity index is 853. The second-order valence-electron chi connectivity index (χ2n) is 6.00. The molecule has 8 heteroatoms. The second-order valence-corrected chi connectivity index (χ2v) is 7.20. The van der Waals surface area contributed by atoms with Gasteiger partial charge in [-0.2, -0.15) is 0 Å². The molecule has 0 saturated carbocycles. The molecule has 7 nitrogen and oxygen atoms in total. The molecule has 0 fully saturated rings. The zero-order valence-corrected chi connectivity index (χ0v) is 15.6. The predicted molar refractivity (Wildman–Crippen MR) is 95.2 cm³/mol. The Morgan fingerprint density at radius 3 is 2.81 bits per heavy atom. The minimum atomic E-state index is -0.760. The van der Waals surface area contributed by atoms with Crippen LogP contribution in [0.25, 0.3) is 0 Å². The number of aliphatic hydroxyl groups excluding tert-OH is 1. The molecule has 2 aromatic rings. The molecule has 1 aliphatic heterocycles. The molecule has 1 atom stereocenters. The van der Waals surface area contributed by atoms with Crippen molar-refractivity contribution in [3.05, 3.63) is 51.1 Å². The van der Waals surface area contributed by atoms with Gasteiger partial charge in [-0.15, -0.1) is 11.3 Å². The van der Waals surface area contributed by atoms with Crippen LogP contribution in [0.4, 0.5) is 0 Å². The summed E-state index contributed by atoms with van der Waals surface area (Å²) in [6.07, 6.45) is 2.06. The topological polar surface area (TPSA) is 92.9 Å². The lowest BCUT2D eigenvalue weighted by atomic mass is 9.99. The summed E-state index contributed by atoms with van der Waals surface area (Å²) < 4.78 is 10.5. The first-order valence-corrected chi connectivity index (χ1v) is 9.02. The Morgan fingerprint density at radius 2 is 2.23 bits per heavy atom. The van der Waals surface area contributed by atoms with Crippen LogP contribution in [0.2, 0.25) is 0 Å². The van der Waals surface area contributed by atoms with E-state index in [2.05, 4.69) is 4.98 Å². The van der Waals surface area contributed by atoms with Gasteiger partial charge in [-0.25, -0.2) is 4.98 Å². The quantitative estimate of drug-likeness (QED) is 0.590. The van der Waals surface area contributed by atoms with Gasteiger partial charge in [0.1, 0.15) is 11.8 Å². The highest BCUT2D eigenvalue weighted by Gasteiger charge is 2.45. The number of furan rings is 1. The minimum Gasteiger partial charge on any atom is -0.503 e. The Hall–Kier alpha value is -2.45. The molecular weight excluding hydrogens is 356 g/mol. The molecule has 0 aliphatic carbocycles. The largest absolute Gasteiger partial charge is 0.503 e. The molecule has 0 radical (unpaired) electrons. The van der Waals surface area contributed by atoms with E-state index >= 15 is 0 Å². The average molecular weight is 376 g/mol. The van der Waals surface area contributed by atoms with E-state index in [0.29, 0.717) is 35.9 Å². The number of carbonyl (C=O) groups excluding carboxylic acids is 2. The normalized spacial score (nSPS) is 17.4. The van der Waals surface area contributed by atoms with Gasteiger partial charge in [0.05, 0.1) is 27.4 Å². The van der Waals surface area contributed by atoms with Crippen LogP contribution in [0.15, 0.2) is 34.1 Å². The number of carbonyl (C=O) groups is 2. The number of amides is 1. The molecule has 138 valence electrons. The van der Waals surface area contributed by atoms with Gasteiger partial charge in [0.25, 0.3) is 5.91 Å². The lowest BCUT2D eigenvalue weighted by Gasteiger charge is -2.24. The Kier molecular flexibility index (Phi) is 5.24. The minimum absolute atomic E-state index is 0.0362. The lowest BCUT2D eigenvalue weighted by Crippen LogP contribution is -2.32. The molecule has 1 aliphatic rings. The molecule has 1 unspecified atom stereocenters. The van der Waals surface area contributed by atoms with Crippen molar-refractivity contribution in [1.82, 2.24) is 9.88 Å². The fourth-order valence-corrected chi connectivity index (χ4v) is 3.98. The second kappa shape index (κ2) is 7.43. The van der Waals surface area contributed by atoms with Crippen molar-refractivity contribution in [2.45, 2.75) is 26.3 Å². The zero-order chi connectivity index (χ0) is 18.8. The number of ketones is 1. The van der Waals surface area contributed by atoms with Crippen molar-refractivity contribution in [2.24, 2.45) is 0 Å². The number of rotatable bonds is 7. The van der Waals surface area contributed by atoms with Crippen molar-refractivity contribution in [3.8, 4) is 0 Å². The van der Waals surface area contributed by atoms with Crippen molar-refractivity contribution < 1.29 is 23.8 Å². The monoisotopic (exact) mass is 376 g/mol. The lowest BCUT2D eigenvalue weighted by molar-refractivity contribution is -0.129. The Balaban J connectivity index is 2.02. The standard InChI is InChI=1S/C18H20N2O5S/c1-10-17(26-11(2)19-10)15(21)13-14(12-6-4-9-25-12)20(7-5-8-24-3)18(23)16(13)22/h4,6,9,14,22H,5,7-8H2,1-3H3. The van der Waals surface area contributed by atoms with Crippen LogP contribution in [-0.4, -0.2) is 46.9 Å². The van der Waals surface area contributed by atoms with E-state index in [1.165, 1.54) is 22.5 Å². The maximum Gasteiger partial charge on any atom is 0.290 e. The maximum absolute atomic E-state index is 13.1. The molecule has 1 N–H and O–H groups in total. The molecular formula is C18H20N2O5S. The number of Topliss-reactive ketones (excluding diaryl/α,β-unsaturated/α-hetero) is 1. The molecule has 0 spiro atoms. The summed E-state index contributed by atoms with van der Waals surface area (Å²) in [7, 11) is 1.58. The van der Waals surface area contributed by atoms with Gasteiger partial charge in [0, 0.05) is 20.3 Å². The van der Waals surface area contributed by atoms with E-state index in [9.17, 15) is 14.7 Å². The molecule has 0 bridgehead atoms. The zero-order valence-electron chi connectivity index (χ0n) is 14.8. The summed E-state index contributed by atoms with van der Waals surface area (Å²) in [6, 6.07) is 2.62. The summed E-state index contributed by atoms with van der Waals surface area (Å²) in [6.45, 7) is 4.35. The number of aromatic nitrogens is 1. The van der Waals surface area contributed by atoms with Gasteiger partial charge < -0.3 is 19.2 Å². The van der Waals surface area contributed by atoms with Crippen LogP contribution in [0.5, 0.6) is 0 Å². The van der Waals surface area contributed by atoms with Gasteiger partial charge in [0.15, 0.2) is 5.76 Å². The van der Waals surface area contributed by atoms with Gasteiger partial charge >= 0.3 is 0 Å². The Morgan fingerprint density at radius 1 is 1.46 bits per heavy atom. The van der Waals surface area contributed by atoms with Crippen molar-refractivity contribution >= 4 is 23.0 Å². The number of thiazole rings is 1. The van der Waals surface area contributed by atoms with Crippen LogP contribution < -0.4 is 0 Å². The number of hydrogen-bond acceptors (Lipinski definition) is 7. The van der Waals surface area contributed by atoms with Crippen LogP contribution in [0.3, 0.4) is 0 Å². The molecule has 2 aromatic heterocycles. The number of aryl methyl sites for hydroxylation is 2. The van der Waals surface area contributed by atoms with Crippen molar-refractivity contribution in [1.29, 1.82) is 0 Å². The van der Waals surface area contributed by atoms with E-state index in [1.54, 1.807) is 26.2 Å². The third-order valence-electron chi connectivity index (χ3n) is 4.22. The van der Waals surface area contributed by atoms with E-state index in [0.717, 1.165) is 5.01 Å². The van der Waals surface area contributed by atoms with Crippen molar-refractivity contribution in [3.63, 3.8) is 0 Å². The SMILES string of the molecule is COCCCN1C(=O)C(O)=C(C(=O)c2sc(C)nc2C)C1c1ccco1. The highest BCUT2D eigenvalue weighted by molar-refractivity contribution is 7.14. The van der Waals surface area contributed by atoms with E-state index in [1.807, 2.05) is 6.92 Å². The average Bonchev–Trinajstić information content (AvgIpc) is 3.29. The molecule has 3 heterocycles. The van der Waals surface area contributed by atoms with Crippen LogP contribution in [0.1, 0.15) is 38.6 Å². The first kappa shape index (κ1) is 18.3. The highest BCUT2D eigenvalue weighted by atomic mass is 32.1. The van der Waals surface area contributed by atoms with Crippen LogP contribution in [-0.2, 0) is 9.53 Å². The smallest absolute Gasteiger partial charge is 0.290 e. The molecule has 0 aromatic carbocycles. The summed E-state index contributed by atoms with van der Waals surface area (Å²) >= 11 is 1.25. The maximum atomic E-state index is 13.1. The van der Waals surface area contributed by atoms with Crippen LogP contribution >= 0.6 is 11.3 Å². The van der Waals surface area contributed by atoms with Crippen LogP contribution in [0, 0.1) is 13.8 Å². The molecule has 1 amide bonds. The number of aliphatic hydroxyl groups is 1. The van der Waals surface area contributed by atoms with Gasteiger partial charge in [-0.1, -0.05) is 0 Å². The van der Waals surface area contributed by atoms with E-state index in [4.69, 9.17) is 9.15 Å². The fraction of sp³-hybridized carbons (Fsp3) is 0.389. The predicted octanol–water partition coefficient (Wildman–Crippen LogP) is 2.97. The van der Waals surface area contributed by atoms with E-state index in [-0.39, 0.29) is 5.57 Å². The van der Waals surface area contributed by atoms with Gasteiger partial charge in [0.2, 0.25) is 5.78 Å². The molecule has 26 heavy (non-hydrogen) atoms. The number of methoxy groups -OCH3 is 1. The number of hydrogen-bond donors (Lipinski definition) is 1. The fourth-order valence-electron chi connectivity index (χ4n) is 3.10. The number of ether oxygens (including phenoxy) is 1.